The quantitative estimate of drug-likeness (QED) is 0.390. The summed E-state index contributed by atoms with van der Waals surface area (Å²) in [5, 5.41) is 15.9. The highest BCUT2D eigenvalue weighted by molar-refractivity contribution is 5.78. The van der Waals surface area contributed by atoms with E-state index in [-0.39, 0.29) is 29.9 Å². The average Bonchev–Trinajstić information content (AvgIpc) is 3.41. The van der Waals surface area contributed by atoms with Gasteiger partial charge in [-0.2, -0.15) is 4.98 Å². The molecule has 0 spiro atoms. The SMILES string of the molecule is NC(=O)[C@H]1CC[C@H](n2c(Nc3c(F)ccc(F)c3F)nc3cnc(N[C@@H]4CCC[C@H]4O)nc32)CC1. The van der Waals surface area contributed by atoms with Crippen molar-refractivity contribution in [3.8, 4) is 0 Å². The zero-order valence-electron chi connectivity index (χ0n) is 18.8. The molecule has 5 rings (SSSR count). The van der Waals surface area contributed by atoms with E-state index in [9.17, 15) is 23.1 Å². The molecule has 2 aliphatic carbocycles. The number of nitrogens with one attached hydrogen (secondary N) is 2. The minimum Gasteiger partial charge on any atom is -0.391 e. The van der Waals surface area contributed by atoms with Crippen molar-refractivity contribution in [2.45, 2.75) is 63.1 Å². The fraction of sp³-hybridized carbons (Fsp3) is 0.478. The summed E-state index contributed by atoms with van der Waals surface area (Å²) in [4.78, 5) is 25.0. The summed E-state index contributed by atoms with van der Waals surface area (Å²) in [7, 11) is 0. The van der Waals surface area contributed by atoms with Crippen LogP contribution in [0.2, 0.25) is 0 Å². The van der Waals surface area contributed by atoms with Crippen molar-refractivity contribution in [2.75, 3.05) is 10.6 Å². The van der Waals surface area contributed by atoms with Gasteiger partial charge in [-0.3, -0.25) is 9.36 Å². The van der Waals surface area contributed by atoms with Gasteiger partial charge in [-0.05, 0) is 57.1 Å². The van der Waals surface area contributed by atoms with Gasteiger partial charge in [0.25, 0.3) is 0 Å². The standard InChI is InChI=1S/C23H26F3N7O2/c24-13-8-9-14(25)19(18(13)26)31-23-30-16-10-28-22(29-15-2-1-3-17(15)34)32-21(16)33(23)12-6-4-11(5-7-12)20(27)35/h8-12,15,17,34H,1-7H2,(H2,27,35)(H,30,31)(H,28,29,32)/t11-,12-,15-,17-/m1/s1. The van der Waals surface area contributed by atoms with Crippen molar-refractivity contribution in [3.63, 3.8) is 0 Å². The number of nitrogens with zero attached hydrogens (tertiary/aromatic N) is 4. The van der Waals surface area contributed by atoms with Crippen LogP contribution < -0.4 is 16.4 Å². The number of fused-ring (bicyclic) bond motifs is 1. The third-order valence-electron chi connectivity index (χ3n) is 6.97. The van der Waals surface area contributed by atoms with Crippen LogP contribution in [-0.4, -0.2) is 42.7 Å². The molecule has 12 heteroatoms. The Hall–Kier alpha value is -3.41. The molecule has 0 aliphatic heterocycles. The van der Waals surface area contributed by atoms with Crippen molar-refractivity contribution in [3.05, 3.63) is 35.8 Å². The van der Waals surface area contributed by atoms with Crippen LogP contribution in [-0.2, 0) is 4.79 Å². The van der Waals surface area contributed by atoms with Gasteiger partial charge in [0.1, 0.15) is 17.0 Å². The molecule has 0 saturated heterocycles. The summed E-state index contributed by atoms with van der Waals surface area (Å²) in [6, 6.07) is 1.17. The highest BCUT2D eigenvalue weighted by Crippen LogP contribution is 2.37. The number of benzene rings is 1. The second kappa shape index (κ2) is 9.33. The van der Waals surface area contributed by atoms with E-state index in [1.54, 1.807) is 4.57 Å². The number of hydrogen-bond donors (Lipinski definition) is 4. The Morgan fingerprint density at radius 3 is 2.49 bits per heavy atom. The van der Waals surface area contributed by atoms with E-state index in [4.69, 9.17) is 5.73 Å². The van der Waals surface area contributed by atoms with E-state index >= 15 is 0 Å². The molecule has 1 amide bonds. The number of anilines is 3. The number of imidazole rings is 1. The molecule has 2 fully saturated rings. The van der Waals surface area contributed by atoms with Gasteiger partial charge >= 0.3 is 0 Å². The molecule has 186 valence electrons. The van der Waals surface area contributed by atoms with Gasteiger partial charge in [-0.1, -0.05) is 0 Å². The van der Waals surface area contributed by atoms with Crippen LogP contribution in [0.4, 0.5) is 30.8 Å². The maximum absolute atomic E-state index is 14.4. The molecule has 2 heterocycles. The molecule has 9 nitrogen and oxygen atoms in total. The number of amides is 1. The second-order valence-electron chi connectivity index (χ2n) is 9.21. The fourth-order valence-corrected chi connectivity index (χ4v) is 5.04. The third-order valence-corrected chi connectivity index (χ3v) is 6.97. The largest absolute Gasteiger partial charge is 0.391 e. The molecule has 2 saturated carbocycles. The monoisotopic (exact) mass is 489 g/mol. The minimum absolute atomic E-state index is 0.0817. The minimum atomic E-state index is -1.36. The Morgan fingerprint density at radius 1 is 1.06 bits per heavy atom. The van der Waals surface area contributed by atoms with E-state index in [2.05, 4.69) is 25.6 Å². The zero-order chi connectivity index (χ0) is 24.7. The second-order valence-corrected chi connectivity index (χ2v) is 9.21. The fourth-order valence-electron chi connectivity index (χ4n) is 5.04. The van der Waals surface area contributed by atoms with E-state index in [1.807, 2.05) is 0 Å². The Balaban J connectivity index is 1.54. The molecule has 2 aliphatic rings. The van der Waals surface area contributed by atoms with Gasteiger partial charge < -0.3 is 21.5 Å². The number of carbonyl (C=O) groups is 1. The van der Waals surface area contributed by atoms with Crippen LogP contribution >= 0.6 is 0 Å². The predicted octanol–water partition coefficient (Wildman–Crippen LogP) is 3.53. The smallest absolute Gasteiger partial charge is 0.225 e. The van der Waals surface area contributed by atoms with Gasteiger partial charge in [-0.15, -0.1) is 0 Å². The number of hydrogen-bond acceptors (Lipinski definition) is 7. The first kappa shape index (κ1) is 23.3. The first-order valence-electron chi connectivity index (χ1n) is 11.7. The molecule has 2 aromatic heterocycles. The molecule has 0 unspecified atom stereocenters. The van der Waals surface area contributed by atoms with E-state index < -0.39 is 29.2 Å². The molecule has 0 radical (unpaired) electrons. The number of primary amides is 1. The summed E-state index contributed by atoms with van der Waals surface area (Å²) in [5.41, 5.74) is 5.60. The van der Waals surface area contributed by atoms with Crippen LogP contribution in [0.15, 0.2) is 18.3 Å². The number of aliphatic hydroxyl groups is 1. The lowest BCUT2D eigenvalue weighted by molar-refractivity contribution is -0.122. The zero-order valence-corrected chi connectivity index (χ0v) is 18.8. The number of nitrogens with two attached hydrogens (primary N) is 1. The molecule has 35 heavy (non-hydrogen) atoms. The maximum atomic E-state index is 14.4. The first-order valence-corrected chi connectivity index (χ1v) is 11.7. The molecule has 3 aromatic rings. The van der Waals surface area contributed by atoms with E-state index in [0.29, 0.717) is 55.3 Å². The average molecular weight is 490 g/mol. The predicted molar refractivity (Wildman–Crippen MR) is 122 cm³/mol. The lowest BCUT2D eigenvalue weighted by Crippen LogP contribution is -2.29. The number of aliphatic hydroxyl groups excluding tert-OH is 1. The molecular formula is C23H26F3N7O2. The molecular weight excluding hydrogens is 463 g/mol. The van der Waals surface area contributed by atoms with Crippen molar-refractivity contribution in [1.29, 1.82) is 0 Å². The summed E-state index contributed by atoms with van der Waals surface area (Å²) in [6.07, 6.45) is 5.58. The summed E-state index contributed by atoms with van der Waals surface area (Å²) in [5.74, 6) is -3.74. The van der Waals surface area contributed by atoms with Gasteiger partial charge in [0.05, 0.1) is 18.3 Å². The topological polar surface area (TPSA) is 131 Å². The lowest BCUT2D eigenvalue weighted by atomic mass is 9.85. The van der Waals surface area contributed by atoms with E-state index in [0.717, 1.165) is 18.9 Å². The maximum Gasteiger partial charge on any atom is 0.225 e. The normalized spacial score (nSPS) is 24.6. The number of halogens is 3. The van der Waals surface area contributed by atoms with Gasteiger partial charge in [-0.25, -0.2) is 23.1 Å². The van der Waals surface area contributed by atoms with Gasteiger partial charge in [0.15, 0.2) is 17.3 Å². The Bertz CT molecular complexity index is 1260. The molecule has 2 atom stereocenters. The number of aromatic nitrogens is 4. The number of rotatable bonds is 6. The van der Waals surface area contributed by atoms with Crippen LogP contribution in [0, 0.1) is 23.4 Å². The van der Waals surface area contributed by atoms with Gasteiger partial charge in [0, 0.05) is 12.0 Å². The lowest BCUT2D eigenvalue weighted by Gasteiger charge is -2.29. The first-order chi connectivity index (χ1) is 16.8. The third kappa shape index (κ3) is 4.49. The van der Waals surface area contributed by atoms with Crippen molar-refractivity contribution < 1.29 is 23.1 Å². The highest BCUT2D eigenvalue weighted by Gasteiger charge is 2.30. The number of carbonyl (C=O) groups excluding carboxylic acids is 1. The van der Waals surface area contributed by atoms with Crippen molar-refractivity contribution in [1.82, 2.24) is 19.5 Å². The highest BCUT2D eigenvalue weighted by atomic mass is 19.2. The Kier molecular flexibility index (Phi) is 6.22. The van der Waals surface area contributed by atoms with Crippen molar-refractivity contribution >= 4 is 34.7 Å². The van der Waals surface area contributed by atoms with Crippen LogP contribution in [0.5, 0.6) is 0 Å². The van der Waals surface area contributed by atoms with E-state index in [1.165, 1.54) is 6.20 Å². The van der Waals surface area contributed by atoms with Crippen LogP contribution in [0.25, 0.3) is 11.2 Å². The molecule has 1 aromatic carbocycles. The molecule has 5 N–H and O–H groups in total. The Morgan fingerprint density at radius 2 is 1.80 bits per heavy atom. The summed E-state index contributed by atoms with van der Waals surface area (Å²) >= 11 is 0. The summed E-state index contributed by atoms with van der Waals surface area (Å²) < 4.78 is 44.3. The summed E-state index contributed by atoms with van der Waals surface area (Å²) in [6.45, 7) is 0. The van der Waals surface area contributed by atoms with Crippen LogP contribution in [0.3, 0.4) is 0 Å². The van der Waals surface area contributed by atoms with Gasteiger partial charge in [0.2, 0.25) is 17.8 Å². The molecule has 0 bridgehead atoms. The van der Waals surface area contributed by atoms with Crippen LogP contribution in [0.1, 0.15) is 51.0 Å². The van der Waals surface area contributed by atoms with Crippen molar-refractivity contribution in [2.24, 2.45) is 11.7 Å². The Labute approximate surface area is 199 Å².